The van der Waals surface area contributed by atoms with Crippen molar-refractivity contribution in [1.82, 2.24) is 4.90 Å². The molecule has 1 aliphatic rings. The third kappa shape index (κ3) is 5.89. The molecule has 1 fully saturated rings. The van der Waals surface area contributed by atoms with Crippen LogP contribution in [-0.4, -0.2) is 23.2 Å². The van der Waals surface area contributed by atoms with Crippen LogP contribution >= 0.6 is 68.5 Å². The summed E-state index contributed by atoms with van der Waals surface area (Å²) >= 11 is 11.6. The van der Waals surface area contributed by atoms with E-state index in [1.165, 1.54) is 4.90 Å². The summed E-state index contributed by atoms with van der Waals surface area (Å²) in [6, 6.07) is 18.9. The van der Waals surface area contributed by atoms with Crippen molar-refractivity contribution in [1.29, 1.82) is 0 Å². The molecule has 0 unspecified atom stereocenters. The summed E-state index contributed by atoms with van der Waals surface area (Å²) in [5.41, 5.74) is 2.51. The van der Waals surface area contributed by atoms with Crippen LogP contribution in [0.2, 0.25) is 5.02 Å². The lowest BCUT2D eigenvalue weighted by Crippen LogP contribution is -2.27. The first-order valence-corrected chi connectivity index (χ1v) is 13.4. The number of rotatable bonds is 7. The standard InChI is InChI=1S/C25H18ClI2NO4S/c1-32-21-11-16(10-20(28)23(21)33-14-17-4-2-3-5-19(17)26)12-22-24(30)29(25(31)34-22)13-15-6-8-18(27)9-7-15/h2-12H,13-14H2,1H3/b22-12+. The normalized spacial score (nSPS) is 14.7. The molecular weight excluding hydrogens is 700 g/mol. The lowest BCUT2D eigenvalue weighted by atomic mass is 10.1. The summed E-state index contributed by atoms with van der Waals surface area (Å²) in [5.74, 6) is 0.817. The van der Waals surface area contributed by atoms with Crippen LogP contribution in [0.3, 0.4) is 0 Å². The van der Waals surface area contributed by atoms with Crippen LogP contribution in [0.1, 0.15) is 16.7 Å². The van der Waals surface area contributed by atoms with Crippen LogP contribution in [0.15, 0.2) is 65.6 Å². The minimum Gasteiger partial charge on any atom is -0.493 e. The van der Waals surface area contributed by atoms with E-state index < -0.39 is 0 Å². The van der Waals surface area contributed by atoms with Crippen molar-refractivity contribution in [2.45, 2.75) is 13.2 Å². The number of carbonyl (C=O) groups excluding carboxylic acids is 2. The van der Waals surface area contributed by atoms with Gasteiger partial charge in [-0.25, -0.2) is 0 Å². The number of imide groups is 1. The minimum atomic E-state index is -0.304. The maximum absolute atomic E-state index is 12.9. The molecule has 4 rings (SSSR count). The van der Waals surface area contributed by atoms with Gasteiger partial charge in [-0.05, 0) is 104 Å². The Labute approximate surface area is 234 Å². The number of benzene rings is 3. The second-order valence-corrected chi connectivity index (χ2v) is 11.1. The van der Waals surface area contributed by atoms with Crippen molar-refractivity contribution >= 4 is 85.8 Å². The van der Waals surface area contributed by atoms with Crippen molar-refractivity contribution in [3.63, 3.8) is 0 Å². The van der Waals surface area contributed by atoms with E-state index in [0.29, 0.717) is 28.0 Å². The topological polar surface area (TPSA) is 55.8 Å². The van der Waals surface area contributed by atoms with Crippen molar-refractivity contribution in [2.24, 2.45) is 0 Å². The molecule has 3 aromatic carbocycles. The smallest absolute Gasteiger partial charge is 0.293 e. The fraction of sp³-hybridized carbons (Fsp3) is 0.120. The fourth-order valence-electron chi connectivity index (χ4n) is 3.29. The molecule has 2 amide bonds. The zero-order valence-electron chi connectivity index (χ0n) is 17.9. The number of hydrogen-bond donors (Lipinski definition) is 0. The Morgan fingerprint density at radius 1 is 1.06 bits per heavy atom. The Bertz CT molecular complexity index is 1280. The van der Waals surface area contributed by atoms with E-state index in [2.05, 4.69) is 45.2 Å². The van der Waals surface area contributed by atoms with Gasteiger partial charge >= 0.3 is 0 Å². The Kier molecular flexibility index (Phi) is 8.43. The van der Waals surface area contributed by atoms with Gasteiger partial charge in [-0.1, -0.05) is 41.9 Å². The van der Waals surface area contributed by atoms with E-state index in [0.717, 1.165) is 35.6 Å². The lowest BCUT2D eigenvalue weighted by Gasteiger charge is -2.14. The SMILES string of the molecule is COc1cc(/C=C2/SC(=O)N(Cc3ccc(I)cc3)C2=O)cc(I)c1OCc1ccccc1Cl. The molecule has 1 saturated heterocycles. The number of halogens is 3. The van der Waals surface area contributed by atoms with Crippen molar-refractivity contribution in [3.8, 4) is 11.5 Å². The van der Waals surface area contributed by atoms with Gasteiger partial charge in [0, 0.05) is 14.2 Å². The summed E-state index contributed by atoms with van der Waals surface area (Å²) < 4.78 is 13.5. The maximum atomic E-state index is 12.9. The molecule has 1 aliphatic heterocycles. The zero-order chi connectivity index (χ0) is 24.2. The van der Waals surface area contributed by atoms with Gasteiger partial charge in [0.15, 0.2) is 11.5 Å². The number of thioether (sulfide) groups is 1. The van der Waals surface area contributed by atoms with E-state index in [1.54, 1.807) is 19.3 Å². The second kappa shape index (κ2) is 11.3. The quantitative estimate of drug-likeness (QED) is 0.189. The molecule has 9 heteroatoms. The van der Waals surface area contributed by atoms with Gasteiger partial charge in [0.2, 0.25) is 0 Å². The van der Waals surface area contributed by atoms with Gasteiger partial charge in [-0.3, -0.25) is 14.5 Å². The molecule has 0 saturated carbocycles. The van der Waals surface area contributed by atoms with Crippen LogP contribution in [0.4, 0.5) is 4.79 Å². The van der Waals surface area contributed by atoms with Gasteiger partial charge in [0.25, 0.3) is 11.1 Å². The largest absolute Gasteiger partial charge is 0.493 e. The van der Waals surface area contributed by atoms with Crippen LogP contribution < -0.4 is 9.47 Å². The molecule has 174 valence electrons. The third-order valence-corrected chi connectivity index (χ3v) is 7.80. The average molecular weight is 718 g/mol. The van der Waals surface area contributed by atoms with Gasteiger partial charge in [-0.15, -0.1) is 0 Å². The average Bonchev–Trinajstić information content (AvgIpc) is 3.07. The van der Waals surface area contributed by atoms with Crippen LogP contribution in [0.5, 0.6) is 11.5 Å². The number of carbonyl (C=O) groups is 2. The molecule has 0 atom stereocenters. The highest BCUT2D eigenvalue weighted by atomic mass is 127. The maximum Gasteiger partial charge on any atom is 0.293 e. The molecule has 0 aliphatic carbocycles. The summed E-state index contributed by atoms with van der Waals surface area (Å²) in [7, 11) is 1.56. The van der Waals surface area contributed by atoms with Crippen LogP contribution in [-0.2, 0) is 17.9 Å². The number of amides is 2. The van der Waals surface area contributed by atoms with E-state index in [-0.39, 0.29) is 17.7 Å². The monoisotopic (exact) mass is 717 g/mol. The number of ether oxygens (including phenoxy) is 2. The Morgan fingerprint density at radius 3 is 2.50 bits per heavy atom. The second-order valence-electron chi connectivity index (χ2n) is 7.31. The van der Waals surface area contributed by atoms with Crippen LogP contribution in [0, 0.1) is 7.14 Å². The molecule has 34 heavy (non-hydrogen) atoms. The molecule has 0 aromatic heterocycles. The molecule has 0 bridgehead atoms. The summed E-state index contributed by atoms with van der Waals surface area (Å²) in [5, 5.41) is 0.352. The lowest BCUT2D eigenvalue weighted by molar-refractivity contribution is -0.123. The predicted octanol–water partition coefficient (Wildman–Crippen LogP) is 7.37. The van der Waals surface area contributed by atoms with Gasteiger partial charge in [0.1, 0.15) is 6.61 Å². The van der Waals surface area contributed by atoms with Crippen LogP contribution in [0.25, 0.3) is 6.08 Å². The fourth-order valence-corrected chi connectivity index (χ4v) is 5.46. The van der Waals surface area contributed by atoms with Crippen molar-refractivity contribution in [2.75, 3.05) is 7.11 Å². The van der Waals surface area contributed by atoms with Gasteiger partial charge < -0.3 is 9.47 Å². The Morgan fingerprint density at radius 2 is 1.79 bits per heavy atom. The van der Waals surface area contributed by atoms with Crippen molar-refractivity contribution < 1.29 is 19.1 Å². The Hall–Kier alpha value is -1.76. The Balaban J connectivity index is 1.53. The first-order valence-electron chi connectivity index (χ1n) is 10.1. The predicted molar refractivity (Wildman–Crippen MR) is 152 cm³/mol. The number of nitrogens with zero attached hydrogens (tertiary/aromatic N) is 1. The number of hydrogen-bond acceptors (Lipinski definition) is 5. The molecule has 0 radical (unpaired) electrons. The zero-order valence-corrected chi connectivity index (χ0v) is 23.8. The molecule has 3 aromatic rings. The summed E-state index contributed by atoms with van der Waals surface area (Å²) in [4.78, 5) is 27.1. The van der Waals surface area contributed by atoms with E-state index in [1.807, 2.05) is 54.6 Å². The highest BCUT2D eigenvalue weighted by molar-refractivity contribution is 14.1. The van der Waals surface area contributed by atoms with Gasteiger partial charge in [-0.2, -0.15) is 0 Å². The van der Waals surface area contributed by atoms with E-state index >= 15 is 0 Å². The highest BCUT2D eigenvalue weighted by Crippen LogP contribution is 2.38. The van der Waals surface area contributed by atoms with E-state index in [9.17, 15) is 9.59 Å². The molecule has 5 nitrogen and oxygen atoms in total. The van der Waals surface area contributed by atoms with E-state index in [4.69, 9.17) is 21.1 Å². The first-order chi connectivity index (χ1) is 16.4. The molecule has 0 spiro atoms. The third-order valence-electron chi connectivity index (χ3n) is 5.01. The van der Waals surface area contributed by atoms with Gasteiger partial charge in [0.05, 0.1) is 22.1 Å². The minimum absolute atomic E-state index is 0.245. The first kappa shape index (κ1) is 25.3. The highest BCUT2D eigenvalue weighted by Gasteiger charge is 2.35. The van der Waals surface area contributed by atoms with Crippen molar-refractivity contribution in [3.05, 3.63) is 94.4 Å². The summed E-state index contributed by atoms with van der Waals surface area (Å²) in [6.07, 6.45) is 1.71. The molecular formula is C25H18ClI2NO4S. The molecule has 1 heterocycles. The summed E-state index contributed by atoms with van der Waals surface area (Å²) in [6.45, 7) is 0.539. The molecule has 0 N–H and O–H groups in total. The number of methoxy groups -OCH3 is 1.